The molecule has 18 heavy (non-hydrogen) atoms. The Kier molecular flexibility index (Phi) is 5.11. The Labute approximate surface area is 117 Å². The third kappa shape index (κ3) is 2.67. The number of aliphatic hydroxyl groups excluding tert-OH is 2. The van der Waals surface area contributed by atoms with Gasteiger partial charge in [0, 0.05) is 6.20 Å². The van der Waals surface area contributed by atoms with Gasteiger partial charge in [0.15, 0.2) is 6.23 Å². The van der Waals surface area contributed by atoms with E-state index < -0.39 is 29.0 Å². The van der Waals surface area contributed by atoms with Gasteiger partial charge in [0.2, 0.25) is 0 Å². The van der Waals surface area contributed by atoms with Gasteiger partial charge in [0.25, 0.3) is 0 Å². The number of aliphatic hydroxyl groups is 2. The molecular formula is C9H13BrClN3O4. The fourth-order valence-corrected chi connectivity index (χ4v) is 2.42. The summed E-state index contributed by atoms with van der Waals surface area (Å²) in [6.07, 6.45) is -0.901. The summed E-state index contributed by atoms with van der Waals surface area (Å²) in [7, 11) is 0. The second kappa shape index (κ2) is 5.98. The number of ether oxygens (including phenoxy) is 1. The summed E-state index contributed by atoms with van der Waals surface area (Å²) >= 11 is 3.24. The van der Waals surface area contributed by atoms with Crippen LogP contribution in [0.25, 0.3) is 0 Å². The molecule has 1 aliphatic rings. The first kappa shape index (κ1) is 15.4. The second-order valence-corrected chi connectivity index (χ2v) is 4.78. The summed E-state index contributed by atoms with van der Waals surface area (Å²) < 4.78 is 6.59. The molecule has 0 radical (unpaired) electrons. The van der Waals surface area contributed by atoms with Crippen LogP contribution in [-0.4, -0.2) is 43.4 Å². The first-order valence-corrected chi connectivity index (χ1v) is 5.89. The largest absolute Gasteiger partial charge is 0.394 e. The van der Waals surface area contributed by atoms with E-state index in [4.69, 9.17) is 15.6 Å². The van der Waals surface area contributed by atoms with Crippen LogP contribution in [0.1, 0.15) is 6.23 Å². The van der Waals surface area contributed by atoms with Crippen LogP contribution in [0.5, 0.6) is 0 Å². The van der Waals surface area contributed by atoms with Crippen molar-refractivity contribution in [3.63, 3.8) is 0 Å². The Morgan fingerprint density at radius 2 is 2.28 bits per heavy atom. The van der Waals surface area contributed by atoms with Crippen molar-refractivity contribution in [2.24, 2.45) is 0 Å². The number of alkyl halides is 1. The van der Waals surface area contributed by atoms with Crippen molar-refractivity contribution in [1.82, 2.24) is 9.55 Å². The van der Waals surface area contributed by atoms with Gasteiger partial charge in [-0.1, -0.05) is 15.9 Å². The molecule has 1 aliphatic heterocycles. The third-order valence-corrected chi connectivity index (χ3v) is 3.59. The second-order valence-electron chi connectivity index (χ2n) is 3.72. The van der Waals surface area contributed by atoms with Gasteiger partial charge in [0.1, 0.15) is 11.9 Å². The predicted octanol–water partition coefficient (Wildman–Crippen LogP) is -0.739. The van der Waals surface area contributed by atoms with Crippen LogP contribution in [0.3, 0.4) is 0 Å². The quantitative estimate of drug-likeness (QED) is 0.611. The highest BCUT2D eigenvalue weighted by molar-refractivity contribution is 9.09. The molecule has 1 saturated heterocycles. The van der Waals surface area contributed by atoms with Gasteiger partial charge in [-0.2, -0.15) is 4.98 Å². The molecule has 0 aliphatic carbocycles. The lowest BCUT2D eigenvalue weighted by Gasteiger charge is -2.16. The number of anilines is 1. The highest BCUT2D eigenvalue weighted by Gasteiger charge is 2.43. The molecule has 1 aromatic rings. The third-order valence-electron chi connectivity index (χ3n) is 2.60. The summed E-state index contributed by atoms with van der Waals surface area (Å²) in [6.45, 7) is -0.323. The number of nitrogens with zero attached hydrogens (tertiary/aromatic N) is 2. The molecule has 102 valence electrons. The normalized spacial score (nSPS) is 31.1. The number of rotatable bonds is 2. The molecule has 4 atom stereocenters. The van der Waals surface area contributed by atoms with E-state index in [-0.39, 0.29) is 24.8 Å². The average Bonchev–Trinajstić information content (AvgIpc) is 2.57. The zero-order valence-corrected chi connectivity index (χ0v) is 11.5. The molecule has 0 bridgehead atoms. The van der Waals surface area contributed by atoms with E-state index in [0.29, 0.717) is 0 Å². The number of hydrogen-bond donors (Lipinski definition) is 3. The monoisotopic (exact) mass is 341 g/mol. The molecule has 1 aromatic heterocycles. The minimum atomic E-state index is -0.894. The maximum atomic E-state index is 11.6. The van der Waals surface area contributed by atoms with Gasteiger partial charge in [-0.25, -0.2) is 4.79 Å². The van der Waals surface area contributed by atoms with Gasteiger partial charge < -0.3 is 20.7 Å². The Morgan fingerprint density at radius 3 is 2.78 bits per heavy atom. The molecule has 0 aromatic carbocycles. The van der Waals surface area contributed by atoms with E-state index in [1.54, 1.807) is 0 Å². The number of nitrogen functional groups attached to an aromatic ring is 1. The van der Waals surface area contributed by atoms with E-state index in [1.165, 1.54) is 16.8 Å². The highest BCUT2D eigenvalue weighted by Crippen LogP contribution is 2.33. The zero-order chi connectivity index (χ0) is 12.6. The fraction of sp³-hybridized carbons (Fsp3) is 0.556. The minimum Gasteiger partial charge on any atom is -0.394 e. The van der Waals surface area contributed by atoms with Crippen molar-refractivity contribution in [1.29, 1.82) is 0 Å². The Morgan fingerprint density at radius 1 is 1.61 bits per heavy atom. The van der Waals surface area contributed by atoms with Gasteiger partial charge in [0.05, 0.1) is 17.5 Å². The average molecular weight is 343 g/mol. The predicted molar refractivity (Wildman–Crippen MR) is 69.9 cm³/mol. The molecule has 0 amide bonds. The van der Waals surface area contributed by atoms with Crippen molar-refractivity contribution in [2.45, 2.75) is 23.3 Å². The van der Waals surface area contributed by atoms with Gasteiger partial charge in [-0.3, -0.25) is 4.57 Å². The van der Waals surface area contributed by atoms with Crippen molar-refractivity contribution in [3.8, 4) is 0 Å². The fourth-order valence-electron chi connectivity index (χ4n) is 1.70. The van der Waals surface area contributed by atoms with E-state index in [9.17, 15) is 9.90 Å². The molecule has 0 saturated carbocycles. The number of nitrogens with two attached hydrogens (primary N) is 1. The molecular weight excluding hydrogens is 329 g/mol. The van der Waals surface area contributed by atoms with Crippen molar-refractivity contribution >= 4 is 34.2 Å². The SMILES string of the molecule is Cl.Nc1ccn([C@@H]2O[C@H](CO)[C@@H](O)[C@@H]2Br)c(=O)n1. The standard InChI is InChI=1S/C9H12BrN3O4.ClH/c10-6-7(15)4(3-14)17-8(6)13-2-1-5(11)12-9(13)16;/h1-2,4,6-8,14-15H,3H2,(H2,11,12,16);1H/t4-,6+,7-,8-;/m1./s1. The lowest BCUT2D eigenvalue weighted by Crippen LogP contribution is -2.32. The Bertz CT molecular complexity index is 471. The van der Waals surface area contributed by atoms with Gasteiger partial charge >= 0.3 is 5.69 Å². The van der Waals surface area contributed by atoms with Crippen LogP contribution in [0.2, 0.25) is 0 Å². The van der Waals surface area contributed by atoms with Crippen molar-refractivity contribution in [3.05, 3.63) is 22.7 Å². The molecule has 0 unspecified atom stereocenters. The minimum absolute atomic E-state index is 0. The first-order valence-electron chi connectivity index (χ1n) is 4.97. The van der Waals surface area contributed by atoms with E-state index in [0.717, 1.165) is 0 Å². The first-order chi connectivity index (χ1) is 8.04. The van der Waals surface area contributed by atoms with Gasteiger partial charge in [-0.15, -0.1) is 12.4 Å². The van der Waals surface area contributed by atoms with Crippen LogP contribution in [-0.2, 0) is 4.74 Å². The van der Waals surface area contributed by atoms with E-state index in [2.05, 4.69) is 20.9 Å². The summed E-state index contributed by atoms with van der Waals surface area (Å²) in [5.74, 6) is 0.120. The van der Waals surface area contributed by atoms with Crippen LogP contribution >= 0.6 is 28.3 Å². The Balaban J connectivity index is 0.00000162. The number of aromatic nitrogens is 2. The van der Waals surface area contributed by atoms with E-state index in [1.807, 2.05) is 0 Å². The Hall–Kier alpha value is -0.670. The summed E-state index contributed by atoms with van der Waals surface area (Å²) in [5, 5.41) is 18.7. The molecule has 2 heterocycles. The topological polar surface area (TPSA) is 111 Å². The summed E-state index contributed by atoms with van der Waals surface area (Å²) in [5.41, 5.74) is 4.81. The molecule has 0 spiro atoms. The molecule has 9 heteroatoms. The maximum Gasteiger partial charge on any atom is 0.351 e. The molecule has 1 fully saturated rings. The van der Waals surface area contributed by atoms with Crippen molar-refractivity contribution < 1.29 is 14.9 Å². The number of halogens is 2. The molecule has 4 N–H and O–H groups in total. The van der Waals surface area contributed by atoms with E-state index >= 15 is 0 Å². The van der Waals surface area contributed by atoms with Crippen molar-refractivity contribution in [2.75, 3.05) is 12.3 Å². The molecule has 2 rings (SSSR count). The van der Waals surface area contributed by atoms with Crippen LogP contribution < -0.4 is 11.4 Å². The van der Waals surface area contributed by atoms with Crippen LogP contribution in [0.15, 0.2) is 17.1 Å². The summed E-state index contributed by atoms with van der Waals surface area (Å²) in [6, 6.07) is 1.46. The molecule has 7 nitrogen and oxygen atoms in total. The van der Waals surface area contributed by atoms with Crippen LogP contribution in [0.4, 0.5) is 5.82 Å². The summed E-state index contributed by atoms with van der Waals surface area (Å²) in [4.78, 5) is 14.7. The lowest BCUT2D eigenvalue weighted by atomic mass is 10.2. The smallest absolute Gasteiger partial charge is 0.351 e. The zero-order valence-electron chi connectivity index (χ0n) is 9.14. The highest BCUT2D eigenvalue weighted by atomic mass is 79.9. The van der Waals surface area contributed by atoms with Crippen LogP contribution in [0, 0.1) is 0 Å². The maximum absolute atomic E-state index is 11.6. The lowest BCUT2D eigenvalue weighted by molar-refractivity contribution is -0.0456. The van der Waals surface area contributed by atoms with Gasteiger partial charge in [-0.05, 0) is 6.07 Å². The number of hydrogen-bond acceptors (Lipinski definition) is 6.